The molecule has 0 bridgehead atoms. The first-order valence-electron chi connectivity index (χ1n) is 10.3. The molecule has 29 heavy (non-hydrogen) atoms. The van der Waals surface area contributed by atoms with E-state index in [0.29, 0.717) is 12.5 Å². The van der Waals surface area contributed by atoms with Gasteiger partial charge in [0, 0.05) is 28.7 Å². The summed E-state index contributed by atoms with van der Waals surface area (Å²) in [7, 11) is 0. The number of fused-ring (bicyclic) bond motifs is 4. The third-order valence-electron chi connectivity index (χ3n) is 6.52. The number of piperidine rings is 1. The molecule has 5 heteroatoms. The van der Waals surface area contributed by atoms with E-state index >= 15 is 0 Å². The molecule has 0 saturated carbocycles. The van der Waals surface area contributed by atoms with Gasteiger partial charge >= 0.3 is 0 Å². The van der Waals surface area contributed by atoms with Crippen molar-refractivity contribution in [2.45, 2.75) is 38.1 Å². The molecule has 1 aliphatic carbocycles. The molecule has 0 radical (unpaired) electrons. The van der Waals surface area contributed by atoms with Gasteiger partial charge in [-0.3, -0.25) is 0 Å². The molecule has 0 atom stereocenters. The highest BCUT2D eigenvalue weighted by Crippen LogP contribution is 2.46. The maximum absolute atomic E-state index is 6.25. The van der Waals surface area contributed by atoms with Crippen LogP contribution in [0.4, 0.5) is 5.95 Å². The number of nitrogens with one attached hydrogen (secondary N) is 2. The molecule has 2 aliphatic rings. The molecule has 1 aromatic heterocycles. The van der Waals surface area contributed by atoms with Gasteiger partial charge < -0.3 is 10.6 Å². The lowest BCUT2D eigenvalue weighted by Crippen LogP contribution is -2.43. The Morgan fingerprint density at radius 2 is 1.93 bits per heavy atom. The van der Waals surface area contributed by atoms with E-state index in [1.165, 1.54) is 16.7 Å². The Hall–Kier alpha value is -2.43. The van der Waals surface area contributed by atoms with Gasteiger partial charge in [-0.05, 0) is 67.6 Å². The minimum absolute atomic E-state index is 0.213. The van der Waals surface area contributed by atoms with Crippen LogP contribution in [0.3, 0.4) is 0 Å². The van der Waals surface area contributed by atoms with E-state index in [9.17, 15) is 0 Å². The zero-order valence-corrected chi connectivity index (χ0v) is 17.4. The number of nitrogens with zero attached hydrogens (tertiary/aromatic N) is 2. The summed E-state index contributed by atoms with van der Waals surface area (Å²) in [6.45, 7) is 4.84. The van der Waals surface area contributed by atoms with Crippen molar-refractivity contribution in [3.8, 4) is 11.3 Å². The number of aromatic nitrogens is 2. The molecule has 1 aliphatic heterocycles. The first kappa shape index (κ1) is 18.6. The van der Waals surface area contributed by atoms with Crippen LogP contribution in [-0.4, -0.2) is 23.1 Å². The first-order valence-corrected chi connectivity index (χ1v) is 10.7. The number of anilines is 1. The second-order valence-electron chi connectivity index (χ2n) is 8.20. The maximum atomic E-state index is 6.25. The van der Waals surface area contributed by atoms with Crippen LogP contribution in [0.1, 0.15) is 35.1 Å². The number of hydrogen-bond acceptors (Lipinski definition) is 4. The van der Waals surface area contributed by atoms with Gasteiger partial charge in [0.2, 0.25) is 5.95 Å². The molecule has 1 spiro atoms. The smallest absolute Gasteiger partial charge is 0.223 e. The quantitative estimate of drug-likeness (QED) is 0.652. The average Bonchev–Trinajstić information content (AvgIpc) is 2.76. The van der Waals surface area contributed by atoms with Crippen molar-refractivity contribution >= 4 is 17.5 Å². The normalized spacial score (nSPS) is 16.9. The molecule has 148 valence electrons. The first-order chi connectivity index (χ1) is 14.2. The average molecular weight is 405 g/mol. The maximum Gasteiger partial charge on any atom is 0.223 e. The summed E-state index contributed by atoms with van der Waals surface area (Å²) in [4.78, 5) is 9.57. The minimum Gasteiger partial charge on any atom is -0.350 e. The van der Waals surface area contributed by atoms with E-state index in [1.807, 2.05) is 25.3 Å². The Bertz CT molecular complexity index is 1060. The van der Waals surface area contributed by atoms with Crippen LogP contribution in [0.5, 0.6) is 0 Å². The molecule has 5 rings (SSSR count). The molecular weight excluding hydrogens is 380 g/mol. The third-order valence-corrected chi connectivity index (χ3v) is 6.93. The Morgan fingerprint density at radius 1 is 1.10 bits per heavy atom. The molecule has 2 N–H and O–H groups in total. The monoisotopic (exact) mass is 404 g/mol. The van der Waals surface area contributed by atoms with Gasteiger partial charge in [-0.1, -0.05) is 48.0 Å². The fourth-order valence-corrected chi connectivity index (χ4v) is 5.03. The van der Waals surface area contributed by atoms with Crippen molar-refractivity contribution in [1.82, 2.24) is 15.3 Å². The van der Waals surface area contributed by atoms with Gasteiger partial charge in [-0.2, -0.15) is 0 Å². The van der Waals surface area contributed by atoms with Crippen LogP contribution in [-0.2, 0) is 18.4 Å². The van der Waals surface area contributed by atoms with E-state index in [2.05, 4.69) is 45.9 Å². The fourth-order valence-electron chi connectivity index (χ4n) is 4.84. The van der Waals surface area contributed by atoms with Gasteiger partial charge in [0.1, 0.15) is 0 Å². The summed E-state index contributed by atoms with van der Waals surface area (Å²) in [5, 5.41) is 7.69. The van der Waals surface area contributed by atoms with E-state index in [1.54, 1.807) is 0 Å². The highest BCUT2D eigenvalue weighted by Gasteiger charge is 2.40. The lowest BCUT2D eigenvalue weighted by Gasteiger charge is -2.42. The number of rotatable bonds is 3. The number of halogens is 1. The van der Waals surface area contributed by atoms with E-state index in [-0.39, 0.29) is 5.41 Å². The van der Waals surface area contributed by atoms with E-state index in [0.717, 1.165) is 54.2 Å². The summed E-state index contributed by atoms with van der Waals surface area (Å²) in [6.07, 6.45) is 5.37. The molecule has 2 heterocycles. The Morgan fingerprint density at radius 3 is 2.79 bits per heavy atom. The minimum atomic E-state index is 0.213. The number of hydrogen-bond donors (Lipinski definition) is 2. The fraction of sp³-hybridized carbons (Fsp3) is 0.333. The molecular formula is C24H25ClN4. The molecule has 4 nitrogen and oxygen atoms in total. The Kier molecular flexibility index (Phi) is 4.76. The third kappa shape index (κ3) is 3.30. The van der Waals surface area contributed by atoms with Crippen LogP contribution < -0.4 is 10.6 Å². The second-order valence-corrected chi connectivity index (χ2v) is 8.60. The van der Waals surface area contributed by atoms with Crippen LogP contribution in [0.15, 0.2) is 48.7 Å². The van der Waals surface area contributed by atoms with E-state index < -0.39 is 0 Å². The van der Waals surface area contributed by atoms with Gasteiger partial charge in [-0.25, -0.2) is 9.97 Å². The van der Waals surface area contributed by atoms with Crippen molar-refractivity contribution < 1.29 is 0 Å². The summed E-state index contributed by atoms with van der Waals surface area (Å²) < 4.78 is 0. The molecule has 1 fully saturated rings. The van der Waals surface area contributed by atoms with Crippen molar-refractivity contribution in [2.75, 3.05) is 18.4 Å². The van der Waals surface area contributed by atoms with E-state index in [4.69, 9.17) is 16.6 Å². The summed E-state index contributed by atoms with van der Waals surface area (Å²) >= 11 is 6.25. The molecule has 1 saturated heterocycles. The molecule has 3 aromatic rings. The van der Waals surface area contributed by atoms with Crippen LogP contribution in [0, 0.1) is 6.92 Å². The van der Waals surface area contributed by atoms with Crippen molar-refractivity contribution in [2.24, 2.45) is 0 Å². The number of benzene rings is 2. The van der Waals surface area contributed by atoms with Gasteiger partial charge in [-0.15, -0.1) is 0 Å². The lowest BCUT2D eigenvalue weighted by atomic mass is 9.64. The standard InChI is InChI=1S/C24H25ClN4/c1-16-17(5-4-8-21(16)25)14-27-23-28-15-18-13-24(9-11-26-12-10-24)20-7-3-2-6-19(20)22(18)29-23/h2-8,15,26H,9-14H2,1H3,(H,27,28,29). The molecule has 0 unspecified atom stereocenters. The molecule has 2 aromatic carbocycles. The highest BCUT2D eigenvalue weighted by atomic mass is 35.5. The highest BCUT2D eigenvalue weighted by molar-refractivity contribution is 6.31. The Labute approximate surface area is 176 Å². The predicted molar refractivity (Wildman–Crippen MR) is 118 cm³/mol. The zero-order chi connectivity index (χ0) is 19.8. The second kappa shape index (κ2) is 7.43. The van der Waals surface area contributed by atoms with Gasteiger partial charge in [0.25, 0.3) is 0 Å². The van der Waals surface area contributed by atoms with Crippen molar-refractivity contribution in [3.05, 3.63) is 75.9 Å². The van der Waals surface area contributed by atoms with Crippen LogP contribution in [0.2, 0.25) is 5.02 Å². The van der Waals surface area contributed by atoms with Crippen molar-refractivity contribution in [1.29, 1.82) is 0 Å². The topological polar surface area (TPSA) is 49.8 Å². The summed E-state index contributed by atoms with van der Waals surface area (Å²) in [5.74, 6) is 0.666. The summed E-state index contributed by atoms with van der Waals surface area (Å²) in [6, 6.07) is 14.8. The van der Waals surface area contributed by atoms with Gasteiger partial charge in [0.15, 0.2) is 0 Å². The predicted octanol–water partition coefficient (Wildman–Crippen LogP) is 4.89. The SMILES string of the molecule is Cc1c(Cl)cccc1CNc1ncc2c(n1)-c1ccccc1C1(CCNCC1)C2. The lowest BCUT2D eigenvalue weighted by molar-refractivity contribution is 0.302. The van der Waals surface area contributed by atoms with Gasteiger partial charge in [0.05, 0.1) is 5.69 Å². The largest absolute Gasteiger partial charge is 0.350 e. The van der Waals surface area contributed by atoms with Crippen LogP contribution in [0.25, 0.3) is 11.3 Å². The summed E-state index contributed by atoms with van der Waals surface area (Å²) in [5.41, 5.74) is 7.51. The molecule has 0 amide bonds. The Balaban J connectivity index is 1.47. The van der Waals surface area contributed by atoms with Crippen LogP contribution >= 0.6 is 11.6 Å². The zero-order valence-electron chi connectivity index (χ0n) is 16.6. The van der Waals surface area contributed by atoms with Crippen molar-refractivity contribution in [3.63, 3.8) is 0 Å².